The molecule has 2 amide bonds. The SMILES string of the molecule is COC(=O)NC(NC(=O)OC)c1ccc(C2CCCCC2)cc1. The van der Waals surface area contributed by atoms with Crippen LogP contribution in [0, 0.1) is 0 Å². The Labute approximate surface area is 136 Å². The van der Waals surface area contributed by atoms with Crippen LogP contribution in [0.5, 0.6) is 0 Å². The van der Waals surface area contributed by atoms with E-state index in [1.807, 2.05) is 12.1 Å². The molecule has 0 radical (unpaired) electrons. The minimum absolute atomic E-state index is 0.610. The van der Waals surface area contributed by atoms with Crippen molar-refractivity contribution in [1.82, 2.24) is 10.6 Å². The van der Waals surface area contributed by atoms with E-state index in [1.54, 1.807) is 0 Å². The molecule has 0 bridgehead atoms. The predicted octanol–water partition coefficient (Wildman–Crippen LogP) is 3.44. The van der Waals surface area contributed by atoms with Crippen molar-refractivity contribution in [2.24, 2.45) is 0 Å². The number of methoxy groups -OCH3 is 2. The van der Waals surface area contributed by atoms with Gasteiger partial charge in [-0.3, -0.25) is 10.6 Å². The Bertz CT molecular complexity index is 506. The molecule has 0 spiro atoms. The van der Waals surface area contributed by atoms with Crippen molar-refractivity contribution in [3.05, 3.63) is 35.4 Å². The molecular weight excluding hydrogens is 296 g/mol. The Morgan fingerprint density at radius 1 is 0.957 bits per heavy atom. The Balaban J connectivity index is 2.10. The first-order valence-corrected chi connectivity index (χ1v) is 7.93. The van der Waals surface area contributed by atoms with Crippen LogP contribution in [-0.4, -0.2) is 26.4 Å². The molecule has 0 unspecified atom stereocenters. The van der Waals surface area contributed by atoms with Crippen molar-refractivity contribution in [3.63, 3.8) is 0 Å². The van der Waals surface area contributed by atoms with Gasteiger partial charge in [0, 0.05) is 0 Å². The molecule has 1 aliphatic carbocycles. The van der Waals surface area contributed by atoms with Crippen LogP contribution in [0.2, 0.25) is 0 Å². The maximum absolute atomic E-state index is 11.5. The monoisotopic (exact) mass is 320 g/mol. The summed E-state index contributed by atoms with van der Waals surface area (Å²) >= 11 is 0. The molecule has 0 aromatic heterocycles. The summed E-state index contributed by atoms with van der Waals surface area (Å²) in [5.74, 6) is 0.610. The molecule has 1 aromatic carbocycles. The molecular formula is C17H24N2O4. The maximum atomic E-state index is 11.5. The highest BCUT2D eigenvalue weighted by Crippen LogP contribution is 2.32. The summed E-state index contributed by atoms with van der Waals surface area (Å²) < 4.78 is 9.19. The van der Waals surface area contributed by atoms with Gasteiger partial charge >= 0.3 is 12.2 Å². The summed E-state index contributed by atoms with van der Waals surface area (Å²) in [7, 11) is 2.55. The number of rotatable bonds is 4. The molecule has 1 fully saturated rings. The highest BCUT2D eigenvalue weighted by molar-refractivity contribution is 5.71. The van der Waals surface area contributed by atoms with E-state index in [-0.39, 0.29) is 0 Å². The zero-order chi connectivity index (χ0) is 16.7. The van der Waals surface area contributed by atoms with Crippen LogP contribution >= 0.6 is 0 Å². The van der Waals surface area contributed by atoms with Gasteiger partial charge in [-0.1, -0.05) is 43.5 Å². The van der Waals surface area contributed by atoms with Gasteiger partial charge in [0.25, 0.3) is 0 Å². The van der Waals surface area contributed by atoms with Crippen molar-refractivity contribution >= 4 is 12.2 Å². The van der Waals surface area contributed by atoms with Gasteiger partial charge in [0.1, 0.15) is 6.17 Å². The largest absolute Gasteiger partial charge is 0.453 e. The number of carbonyl (C=O) groups is 2. The van der Waals surface area contributed by atoms with E-state index in [1.165, 1.54) is 51.9 Å². The molecule has 0 atom stereocenters. The van der Waals surface area contributed by atoms with Gasteiger partial charge in [-0.05, 0) is 29.9 Å². The number of nitrogens with one attached hydrogen (secondary N) is 2. The number of benzene rings is 1. The van der Waals surface area contributed by atoms with Crippen molar-refractivity contribution in [2.75, 3.05) is 14.2 Å². The zero-order valence-corrected chi connectivity index (χ0v) is 13.6. The number of hydrogen-bond donors (Lipinski definition) is 2. The summed E-state index contributed by atoms with van der Waals surface area (Å²) in [4.78, 5) is 22.9. The number of carbonyl (C=O) groups excluding carboxylic acids is 2. The highest BCUT2D eigenvalue weighted by atomic mass is 16.5. The third-order valence-electron chi connectivity index (χ3n) is 4.24. The van der Waals surface area contributed by atoms with Gasteiger partial charge in [-0.25, -0.2) is 9.59 Å². The van der Waals surface area contributed by atoms with Crippen LogP contribution in [0.1, 0.15) is 55.3 Å². The van der Waals surface area contributed by atoms with Crippen molar-refractivity contribution in [2.45, 2.75) is 44.2 Å². The third kappa shape index (κ3) is 4.87. The fraction of sp³-hybridized carbons (Fsp3) is 0.529. The summed E-state index contributed by atoms with van der Waals surface area (Å²) in [5, 5.41) is 5.15. The van der Waals surface area contributed by atoms with Gasteiger partial charge < -0.3 is 9.47 Å². The topological polar surface area (TPSA) is 76.7 Å². The number of hydrogen-bond acceptors (Lipinski definition) is 4. The molecule has 2 rings (SSSR count). The predicted molar refractivity (Wildman–Crippen MR) is 86.1 cm³/mol. The van der Waals surface area contributed by atoms with Crippen LogP contribution in [-0.2, 0) is 9.47 Å². The molecule has 0 heterocycles. The number of amides is 2. The maximum Gasteiger partial charge on any atom is 0.408 e. The Morgan fingerprint density at radius 3 is 1.96 bits per heavy atom. The first-order chi connectivity index (χ1) is 11.1. The van der Waals surface area contributed by atoms with Gasteiger partial charge in [-0.2, -0.15) is 0 Å². The molecule has 0 aliphatic heterocycles. The molecule has 1 aromatic rings. The second-order valence-electron chi connectivity index (χ2n) is 5.71. The summed E-state index contributed by atoms with van der Waals surface area (Å²) in [6.07, 6.45) is 4.39. The van der Waals surface area contributed by atoms with E-state index in [0.29, 0.717) is 5.92 Å². The van der Waals surface area contributed by atoms with E-state index in [4.69, 9.17) is 0 Å². The van der Waals surface area contributed by atoms with Gasteiger partial charge in [0.2, 0.25) is 0 Å². The molecule has 1 saturated carbocycles. The molecule has 0 saturated heterocycles. The molecule has 2 N–H and O–H groups in total. The lowest BCUT2D eigenvalue weighted by Gasteiger charge is -2.23. The molecule has 1 aliphatic rings. The van der Waals surface area contributed by atoms with Gasteiger partial charge in [0.05, 0.1) is 14.2 Å². The third-order valence-corrected chi connectivity index (χ3v) is 4.24. The minimum atomic E-state index is -0.699. The first-order valence-electron chi connectivity index (χ1n) is 7.93. The number of alkyl carbamates (subject to hydrolysis) is 2. The molecule has 126 valence electrons. The Morgan fingerprint density at radius 2 is 1.48 bits per heavy atom. The summed E-state index contributed by atoms with van der Waals surface area (Å²) in [6.45, 7) is 0. The van der Waals surface area contributed by atoms with Crippen LogP contribution in [0.3, 0.4) is 0 Å². The van der Waals surface area contributed by atoms with E-state index in [9.17, 15) is 9.59 Å². The lowest BCUT2D eigenvalue weighted by atomic mass is 9.84. The lowest BCUT2D eigenvalue weighted by molar-refractivity contribution is 0.153. The minimum Gasteiger partial charge on any atom is -0.453 e. The van der Waals surface area contributed by atoms with E-state index >= 15 is 0 Å². The lowest BCUT2D eigenvalue weighted by Crippen LogP contribution is -2.41. The highest BCUT2D eigenvalue weighted by Gasteiger charge is 2.19. The van der Waals surface area contributed by atoms with E-state index in [2.05, 4.69) is 32.2 Å². The van der Waals surface area contributed by atoms with Gasteiger partial charge in [0.15, 0.2) is 0 Å². The fourth-order valence-electron chi connectivity index (χ4n) is 2.95. The fourth-order valence-corrected chi connectivity index (χ4v) is 2.95. The van der Waals surface area contributed by atoms with Crippen molar-refractivity contribution < 1.29 is 19.1 Å². The van der Waals surface area contributed by atoms with Crippen molar-refractivity contribution in [1.29, 1.82) is 0 Å². The molecule has 6 heteroatoms. The Hall–Kier alpha value is -2.24. The van der Waals surface area contributed by atoms with E-state index < -0.39 is 18.4 Å². The van der Waals surface area contributed by atoms with Gasteiger partial charge in [-0.15, -0.1) is 0 Å². The smallest absolute Gasteiger partial charge is 0.408 e. The zero-order valence-electron chi connectivity index (χ0n) is 13.6. The first kappa shape index (κ1) is 17.1. The normalized spacial score (nSPS) is 15.1. The van der Waals surface area contributed by atoms with Crippen LogP contribution in [0.4, 0.5) is 9.59 Å². The quantitative estimate of drug-likeness (QED) is 0.833. The average molecular weight is 320 g/mol. The summed E-state index contributed by atoms with van der Waals surface area (Å²) in [6, 6.07) is 7.97. The number of ether oxygens (including phenoxy) is 2. The van der Waals surface area contributed by atoms with Crippen LogP contribution in [0.25, 0.3) is 0 Å². The Kier molecular flexibility index (Phi) is 6.26. The van der Waals surface area contributed by atoms with Crippen LogP contribution in [0.15, 0.2) is 24.3 Å². The second kappa shape index (κ2) is 8.41. The van der Waals surface area contributed by atoms with Crippen molar-refractivity contribution in [3.8, 4) is 0 Å². The van der Waals surface area contributed by atoms with E-state index in [0.717, 1.165) is 5.56 Å². The second-order valence-corrected chi connectivity index (χ2v) is 5.71. The molecule has 6 nitrogen and oxygen atoms in total. The summed E-state index contributed by atoms with van der Waals surface area (Å²) in [5.41, 5.74) is 2.07. The average Bonchev–Trinajstić information content (AvgIpc) is 2.61. The van der Waals surface area contributed by atoms with Crippen LogP contribution < -0.4 is 10.6 Å². The standard InChI is InChI=1S/C17H24N2O4/c1-22-16(20)18-15(19-17(21)23-2)14-10-8-13(9-11-14)12-6-4-3-5-7-12/h8-12,15H,3-7H2,1-2H3,(H,18,20)(H,19,21). The molecule has 23 heavy (non-hydrogen) atoms.